The number of carbonyl (C=O) groups is 1. The maximum absolute atomic E-state index is 11.0. The Balaban J connectivity index is 2.69. The molecule has 0 aromatic heterocycles. The van der Waals surface area contributed by atoms with Gasteiger partial charge in [0.25, 0.3) is 5.91 Å². The summed E-state index contributed by atoms with van der Waals surface area (Å²) in [5.74, 6) is 0.333. The first-order chi connectivity index (χ1) is 4.63. The Morgan fingerprint density at radius 3 is 2.30 bits per heavy atom. The predicted molar refractivity (Wildman–Crippen MR) is 37.7 cm³/mol. The van der Waals surface area contributed by atoms with Crippen LogP contribution in [0.25, 0.3) is 0 Å². The van der Waals surface area contributed by atoms with Gasteiger partial charge >= 0.3 is 0 Å². The minimum Gasteiger partial charge on any atom is -0.270 e. The lowest BCUT2D eigenvalue weighted by Gasteiger charge is -2.13. The van der Waals surface area contributed by atoms with Crippen molar-refractivity contribution >= 4 is 5.91 Å². The van der Waals surface area contributed by atoms with Gasteiger partial charge in [-0.15, -0.1) is 5.11 Å². The molecule has 0 spiro atoms. The second-order valence-electron chi connectivity index (χ2n) is 3.06. The highest BCUT2D eigenvalue weighted by atomic mass is 16.2. The summed E-state index contributed by atoms with van der Waals surface area (Å²) in [6.45, 7) is 5.98. The van der Waals surface area contributed by atoms with E-state index in [1.807, 2.05) is 20.8 Å². The van der Waals surface area contributed by atoms with Crippen LogP contribution in [-0.2, 0) is 4.79 Å². The summed E-state index contributed by atoms with van der Waals surface area (Å²) in [6.07, 6.45) is 0. The summed E-state index contributed by atoms with van der Waals surface area (Å²) in [6, 6.07) is 0.0903. The summed E-state index contributed by atoms with van der Waals surface area (Å²) in [7, 11) is 0. The molecule has 0 saturated heterocycles. The van der Waals surface area contributed by atoms with Gasteiger partial charge < -0.3 is 0 Å². The molecule has 0 aliphatic carbocycles. The summed E-state index contributed by atoms with van der Waals surface area (Å²) in [4.78, 5) is 11.0. The van der Waals surface area contributed by atoms with Gasteiger partial charge in [-0.05, 0) is 12.8 Å². The number of azo groups is 1. The number of rotatable bonds is 1. The molecule has 3 nitrogen and oxygen atoms in total. The van der Waals surface area contributed by atoms with Crippen molar-refractivity contribution in [2.45, 2.75) is 26.8 Å². The molecule has 10 heavy (non-hydrogen) atoms. The zero-order valence-electron chi connectivity index (χ0n) is 6.53. The third-order valence-corrected chi connectivity index (χ3v) is 1.86. The number of hydrogen-bond acceptors (Lipinski definition) is 2. The zero-order valence-corrected chi connectivity index (χ0v) is 6.53. The molecule has 3 heteroatoms. The fraction of sp³-hybridized carbons (Fsp3) is 0.857. The van der Waals surface area contributed by atoms with E-state index < -0.39 is 0 Å². The van der Waals surface area contributed by atoms with Gasteiger partial charge in [0, 0.05) is 0 Å². The van der Waals surface area contributed by atoms with Gasteiger partial charge in [-0.1, -0.05) is 13.8 Å². The second kappa shape index (κ2) is 2.48. The summed E-state index contributed by atoms with van der Waals surface area (Å²) in [5, 5.41) is 7.30. The molecule has 1 rings (SSSR count). The fourth-order valence-corrected chi connectivity index (χ4v) is 1.33. The molecular weight excluding hydrogens is 128 g/mol. The molecule has 1 amide bonds. The number of nitrogens with zero attached hydrogens (tertiary/aromatic N) is 2. The van der Waals surface area contributed by atoms with Gasteiger partial charge in [0.15, 0.2) is 0 Å². The smallest absolute Gasteiger partial charge is 0.269 e. The van der Waals surface area contributed by atoms with Crippen LogP contribution in [0.2, 0.25) is 0 Å². The van der Waals surface area contributed by atoms with Crippen molar-refractivity contribution in [1.29, 1.82) is 0 Å². The zero-order chi connectivity index (χ0) is 7.72. The van der Waals surface area contributed by atoms with E-state index in [9.17, 15) is 4.79 Å². The highest BCUT2D eigenvalue weighted by Gasteiger charge is 2.32. The number of carbonyl (C=O) groups excluding carboxylic acids is 1. The Bertz CT molecular complexity index is 174. The van der Waals surface area contributed by atoms with Gasteiger partial charge in [0.2, 0.25) is 0 Å². The van der Waals surface area contributed by atoms with Crippen molar-refractivity contribution < 1.29 is 4.79 Å². The van der Waals surface area contributed by atoms with Gasteiger partial charge in [-0.25, -0.2) is 0 Å². The van der Waals surface area contributed by atoms with Crippen molar-refractivity contribution in [2.24, 2.45) is 22.1 Å². The Morgan fingerprint density at radius 2 is 2.10 bits per heavy atom. The van der Waals surface area contributed by atoms with Crippen LogP contribution in [0.4, 0.5) is 0 Å². The molecule has 2 unspecified atom stereocenters. The quantitative estimate of drug-likeness (QED) is 0.546. The van der Waals surface area contributed by atoms with Gasteiger partial charge in [0.1, 0.15) is 0 Å². The molecule has 0 radical (unpaired) electrons. The van der Waals surface area contributed by atoms with Crippen molar-refractivity contribution in [2.75, 3.05) is 0 Å². The van der Waals surface area contributed by atoms with Gasteiger partial charge in [-0.2, -0.15) is 5.11 Å². The first-order valence-electron chi connectivity index (χ1n) is 3.57. The number of amides is 1. The third-order valence-electron chi connectivity index (χ3n) is 1.86. The van der Waals surface area contributed by atoms with E-state index in [1.165, 1.54) is 0 Å². The average molecular weight is 140 g/mol. The molecule has 56 valence electrons. The van der Waals surface area contributed by atoms with E-state index in [4.69, 9.17) is 0 Å². The molecule has 0 saturated carbocycles. The van der Waals surface area contributed by atoms with Crippen LogP contribution >= 0.6 is 0 Å². The van der Waals surface area contributed by atoms with E-state index in [0.29, 0.717) is 5.92 Å². The van der Waals surface area contributed by atoms with Crippen LogP contribution < -0.4 is 0 Å². The van der Waals surface area contributed by atoms with E-state index >= 15 is 0 Å². The Labute approximate surface area is 60.5 Å². The lowest BCUT2D eigenvalue weighted by Crippen LogP contribution is -2.23. The highest BCUT2D eigenvalue weighted by molar-refractivity contribution is 5.81. The summed E-state index contributed by atoms with van der Waals surface area (Å²) >= 11 is 0. The van der Waals surface area contributed by atoms with Crippen LogP contribution in [0.15, 0.2) is 10.2 Å². The largest absolute Gasteiger partial charge is 0.270 e. The van der Waals surface area contributed by atoms with Crippen LogP contribution in [0.5, 0.6) is 0 Å². The van der Waals surface area contributed by atoms with Crippen LogP contribution in [0.1, 0.15) is 20.8 Å². The molecule has 0 fully saturated rings. The molecule has 0 bridgehead atoms. The van der Waals surface area contributed by atoms with E-state index in [2.05, 4.69) is 10.2 Å². The third kappa shape index (κ3) is 1.08. The van der Waals surface area contributed by atoms with E-state index in [0.717, 1.165) is 0 Å². The Morgan fingerprint density at radius 1 is 1.50 bits per heavy atom. The van der Waals surface area contributed by atoms with Crippen molar-refractivity contribution in [3.63, 3.8) is 0 Å². The first kappa shape index (κ1) is 7.38. The molecule has 1 heterocycles. The van der Waals surface area contributed by atoms with Gasteiger partial charge in [-0.3, -0.25) is 4.79 Å². The molecule has 0 aromatic rings. The second-order valence-corrected chi connectivity index (χ2v) is 3.06. The molecule has 2 atom stereocenters. The molecule has 0 N–H and O–H groups in total. The summed E-state index contributed by atoms with van der Waals surface area (Å²) in [5.41, 5.74) is 0. The fourth-order valence-electron chi connectivity index (χ4n) is 1.33. The Hall–Kier alpha value is -0.730. The van der Waals surface area contributed by atoms with Crippen LogP contribution in [0, 0.1) is 11.8 Å². The van der Waals surface area contributed by atoms with Crippen LogP contribution in [0.3, 0.4) is 0 Å². The topological polar surface area (TPSA) is 41.8 Å². The van der Waals surface area contributed by atoms with E-state index in [-0.39, 0.29) is 17.9 Å². The SMILES string of the molecule is CC(C)C1C(=O)N=NC1C. The molecule has 0 aromatic carbocycles. The number of hydrogen-bond donors (Lipinski definition) is 0. The maximum atomic E-state index is 11.0. The molecule has 1 aliphatic heterocycles. The molecular formula is C7H12N2O. The molecule has 1 aliphatic rings. The lowest BCUT2D eigenvalue weighted by atomic mass is 9.90. The normalized spacial score (nSPS) is 32.2. The highest BCUT2D eigenvalue weighted by Crippen LogP contribution is 2.24. The first-order valence-corrected chi connectivity index (χ1v) is 3.57. The van der Waals surface area contributed by atoms with Crippen LogP contribution in [-0.4, -0.2) is 11.9 Å². The summed E-state index contributed by atoms with van der Waals surface area (Å²) < 4.78 is 0. The van der Waals surface area contributed by atoms with Crippen molar-refractivity contribution in [1.82, 2.24) is 0 Å². The van der Waals surface area contributed by atoms with Crippen molar-refractivity contribution in [3.8, 4) is 0 Å². The predicted octanol–water partition coefficient (Wildman–Crippen LogP) is 1.64. The standard InChI is InChI=1S/C7H12N2O/c1-4(2)6-5(3)8-9-7(6)10/h4-6H,1-3H3. The minimum atomic E-state index is -0.0532. The Kier molecular flexibility index (Phi) is 1.83. The van der Waals surface area contributed by atoms with Gasteiger partial charge in [0.05, 0.1) is 12.0 Å². The lowest BCUT2D eigenvalue weighted by molar-refractivity contribution is -0.121. The average Bonchev–Trinajstić information content (AvgIpc) is 2.11. The maximum Gasteiger partial charge on any atom is 0.269 e. The monoisotopic (exact) mass is 140 g/mol. The minimum absolute atomic E-state index is 0.0278. The van der Waals surface area contributed by atoms with Crippen molar-refractivity contribution in [3.05, 3.63) is 0 Å². The van der Waals surface area contributed by atoms with E-state index in [1.54, 1.807) is 0 Å².